The molecular weight excluding hydrogens is 278 g/mol. The lowest BCUT2D eigenvalue weighted by Gasteiger charge is -2.13. The fourth-order valence-electron chi connectivity index (χ4n) is 1.80. The first-order valence-corrected chi connectivity index (χ1v) is 6.45. The highest BCUT2D eigenvalue weighted by Crippen LogP contribution is 2.28. The number of aromatic nitrogens is 2. The van der Waals surface area contributed by atoms with Crippen molar-refractivity contribution in [2.24, 2.45) is 5.73 Å². The molecule has 1 atom stereocenters. The fraction of sp³-hybridized carbons (Fsp3) is 0.308. The second-order valence-electron chi connectivity index (χ2n) is 4.09. The third kappa shape index (κ3) is 2.42. The van der Waals surface area contributed by atoms with Crippen molar-refractivity contribution in [3.8, 4) is 0 Å². The number of hydrogen-bond acceptors (Lipinski definition) is 2. The van der Waals surface area contributed by atoms with E-state index in [4.69, 9.17) is 5.73 Å². The van der Waals surface area contributed by atoms with Gasteiger partial charge in [0.05, 0.1) is 12.2 Å². The SMILES string of the molecule is CCn1cc(C(N)c2cccc(C)c2Br)cn1. The predicted octanol–water partition coefficient (Wildman–Crippen LogP) is 3.02. The Morgan fingerprint density at radius 1 is 1.47 bits per heavy atom. The van der Waals surface area contributed by atoms with Crippen LogP contribution in [0.25, 0.3) is 0 Å². The molecule has 0 fully saturated rings. The van der Waals surface area contributed by atoms with Crippen LogP contribution in [0.5, 0.6) is 0 Å². The van der Waals surface area contributed by atoms with Crippen LogP contribution < -0.4 is 5.73 Å². The molecule has 0 aliphatic heterocycles. The van der Waals surface area contributed by atoms with Gasteiger partial charge in [0.25, 0.3) is 0 Å². The van der Waals surface area contributed by atoms with Gasteiger partial charge in [0.2, 0.25) is 0 Å². The summed E-state index contributed by atoms with van der Waals surface area (Å²) in [6.07, 6.45) is 3.84. The zero-order valence-electron chi connectivity index (χ0n) is 10.0. The van der Waals surface area contributed by atoms with E-state index in [-0.39, 0.29) is 6.04 Å². The molecule has 0 saturated heterocycles. The van der Waals surface area contributed by atoms with Crippen LogP contribution in [-0.2, 0) is 6.54 Å². The fourth-order valence-corrected chi connectivity index (χ4v) is 2.31. The van der Waals surface area contributed by atoms with Crippen LogP contribution in [0, 0.1) is 6.92 Å². The van der Waals surface area contributed by atoms with Crippen molar-refractivity contribution in [1.29, 1.82) is 0 Å². The van der Waals surface area contributed by atoms with Crippen molar-refractivity contribution < 1.29 is 0 Å². The third-order valence-electron chi connectivity index (χ3n) is 2.89. The Bertz CT molecular complexity index is 519. The number of nitrogens with two attached hydrogens (primary N) is 1. The Hall–Kier alpha value is -1.13. The first-order valence-electron chi connectivity index (χ1n) is 5.66. The van der Waals surface area contributed by atoms with Gasteiger partial charge in [-0.3, -0.25) is 4.68 Å². The molecule has 2 N–H and O–H groups in total. The lowest BCUT2D eigenvalue weighted by Crippen LogP contribution is -2.12. The molecule has 1 heterocycles. The Morgan fingerprint density at radius 2 is 2.24 bits per heavy atom. The number of hydrogen-bond donors (Lipinski definition) is 1. The van der Waals surface area contributed by atoms with Crippen molar-refractivity contribution in [2.75, 3.05) is 0 Å². The molecule has 1 aromatic heterocycles. The molecule has 0 radical (unpaired) electrons. The van der Waals surface area contributed by atoms with E-state index in [1.165, 1.54) is 5.56 Å². The molecule has 0 aliphatic rings. The van der Waals surface area contributed by atoms with Crippen LogP contribution in [0.1, 0.15) is 29.7 Å². The summed E-state index contributed by atoms with van der Waals surface area (Å²) in [5, 5.41) is 4.25. The molecule has 4 heteroatoms. The van der Waals surface area contributed by atoms with Crippen LogP contribution in [0.4, 0.5) is 0 Å². The predicted molar refractivity (Wildman–Crippen MR) is 72.8 cm³/mol. The monoisotopic (exact) mass is 293 g/mol. The summed E-state index contributed by atoms with van der Waals surface area (Å²) < 4.78 is 2.97. The van der Waals surface area contributed by atoms with Crippen LogP contribution in [0.15, 0.2) is 35.1 Å². The molecule has 0 aliphatic carbocycles. The van der Waals surface area contributed by atoms with Crippen LogP contribution >= 0.6 is 15.9 Å². The van der Waals surface area contributed by atoms with E-state index in [1.54, 1.807) is 0 Å². The zero-order valence-corrected chi connectivity index (χ0v) is 11.6. The molecule has 2 aromatic rings. The molecule has 0 bridgehead atoms. The average Bonchev–Trinajstić information content (AvgIpc) is 2.80. The summed E-state index contributed by atoms with van der Waals surface area (Å²) in [5.41, 5.74) is 9.60. The van der Waals surface area contributed by atoms with Crippen molar-refractivity contribution in [3.05, 3.63) is 51.8 Å². The quantitative estimate of drug-likeness (QED) is 0.945. The minimum Gasteiger partial charge on any atom is -0.320 e. The summed E-state index contributed by atoms with van der Waals surface area (Å²) in [6.45, 7) is 4.99. The summed E-state index contributed by atoms with van der Waals surface area (Å²) in [4.78, 5) is 0. The van der Waals surface area contributed by atoms with E-state index in [1.807, 2.05) is 29.2 Å². The van der Waals surface area contributed by atoms with E-state index in [2.05, 4.69) is 40.9 Å². The Morgan fingerprint density at radius 3 is 2.88 bits per heavy atom. The third-order valence-corrected chi connectivity index (χ3v) is 3.98. The highest BCUT2D eigenvalue weighted by molar-refractivity contribution is 9.10. The number of benzene rings is 1. The van der Waals surface area contributed by atoms with Gasteiger partial charge in [-0.25, -0.2) is 0 Å². The topological polar surface area (TPSA) is 43.8 Å². The van der Waals surface area contributed by atoms with E-state index in [0.717, 1.165) is 22.1 Å². The van der Waals surface area contributed by atoms with Gasteiger partial charge in [-0.1, -0.05) is 34.1 Å². The maximum atomic E-state index is 6.27. The highest BCUT2D eigenvalue weighted by Gasteiger charge is 2.14. The smallest absolute Gasteiger partial charge is 0.0594 e. The van der Waals surface area contributed by atoms with E-state index in [0.29, 0.717) is 0 Å². The molecule has 1 unspecified atom stereocenters. The van der Waals surface area contributed by atoms with Gasteiger partial charge in [-0.15, -0.1) is 0 Å². The highest BCUT2D eigenvalue weighted by atomic mass is 79.9. The van der Waals surface area contributed by atoms with E-state index < -0.39 is 0 Å². The summed E-state index contributed by atoms with van der Waals surface area (Å²) in [5.74, 6) is 0. The van der Waals surface area contributed by atoms with Gasteiger partial charge < -0.3 is 5.73 Å². The lowest BCUT2D eigenvalue weighted by molar-refractivity contribution is 0.658. The Labute approximate surface area is 110 Å². The molecule has 0 saturated carbocycles. The van der Waals surface area contributed by atoms with Gasteiger partial charge >= 0.3 is 0 Å². The average molecular weight is 294 g/mol. The number of aryl methyl sites for hydroxylation is 2. The molecule has 17 heavy (non-hydrogen) atoms. The largest absolute Gasteiger partial charge is 0.320 e. The second kappa shape index (κ2) is 5.02. The molecule has 1 aromatic carbocycles. The molecule has 90 valence electrons. The maximum Gasteiger partial charge on any atom is 0.0594 e. The minimum absolute atomic E-state index is 0.135. The molecule has 3 nitrogen and oxygen atoms in total. The van der Waals surface area contributed by atoms with Crippen molar-refractivity contribution in [3.63, 3.8) is 0 Å². The molecular formula is C13H16BrN3. The van der Waals surface area contributed by atoms with Gasteiger partial charge in [0.1, 0.15) is 0 Å². The normalized spacial score (nSPS) is 12.7. The summed E-state index contributed by atoms with van der Waals surface area (Å²) >= 11 is 3.59. The summed E-state index contributed by atoms with van der Waals surface area (Å²) in [7, 11) is 0. The van der Waals surface area contributed by atoms with Gasteiger partial charge in [-0.05, 0) is 25.0 Å². The van der Waals surface area contributed by atoms with Gasteiger partial charge in [0, 0.05) is 22.8 Å². The van der Waals surface area contributed by atoms with Crippen LogP contribution in [0.2, 0.25) is 0 Å². The van der Waals surface area contributed by atoms with Crippen LogP contribution in [-0.4, -0.2) is 9.78 Å². The summed E-state index contributed by atoms with van der Waals surface area (Å²) in [6, 6.07) is 6.00. The Balaban J connectivity index is 2.36. The van der Waals surface area contributed by atoms with Crippen molar-refractivity contribution >= 4 is 15.9 Å². The van der Waals surface area contributed by atoms with Crippen LogP contribution in [0.3, 0.4) is 0 Å². The molecule has 2 rings (SSSR count). The van der Waals surface area contributed by atoms with E-state index >= 15 is 0 Å². The van der Waals surface area contributed by atoms with Gasteiger partial charge in [0.15, 0.2) is 0 Å². The molecule has 0 amide bonds. The second-order valence-corrected chi connectivity index (χ2v) is 4.88. The molecule has 0 spiro atoms. The Kier molecular flexibility index (Phi) is 3.64. The standard InChI is InChI=1S/C13H16BrN3/c1-3-17-8-10(7-16-17)13(15)11-6-4-5-9(2)12(11)14/h4-8,13H,3,15H2,1-2H3. The maximum absolute atomic E-state index is 6.27. The minimum atomic E-state index is -0.135. The number of rotatable bonds is 3. The van der Waals surface area contributed by atoms with E-state index in [9.17, 15) is 0 Å². The van der Waals surface area contributed by atoms with Gasteiger partial charge in [-0.2, -0.15) is 5.10 Å². The first-order chi connectivity index (χ1) is 8.13. The zero-order chi connectivity index (χ0) is 12.4. The number of nitrogens with zero attached hydrogens (tertiary/aromatic N) is 2. The van der Waals surface area contributed by atoms with Crippen molar-refractivity contribution in [1.82, 2.24) is 9.78 Å². The van der Waals surface area contributed by atoms with Crippen molar-refractivity contribution in [2.45, 2.75) is 26.4 Å². The first kappa shape index (κ1) is 12.3. The number of halogens is 1. The lowest BCUT2D eigenvalue weighted by atomic mass is 10.0.